The molecule has 1 N–H and O–H groups in total. The van der Waals surface area contributed by atoms with Crippen LogP contribution in [0.1, 0.15) is 17.4 Å². The number of rotatable bonds is 2. The summed E-state index contributed by atoms with van der Waals surface area (Å²) in [7, 11) is 0. The van der Waals surface area contributed by atoms with Crippen molar-refractivity contribution in [2.45, 2.75) is 6.10 Å². The van der Waals surface area contributed by atoms with Crippen molar-refractivity contribution in [3.63, 3.8) is 0 Å². The molecule has 72 valence electrons. The lowest BCUT2D eigenvalue weighted by Crippen LogP contribution is -2.00. The van der Waals surface area contributed by atoms with E-state index < -0.39 is 11.9 Å². The van der Waals surface area contributed by atoms with Crippen LogP contribution in [0.25, 0.3) is 0 Å². The summed E-state index contributed by atoms with van der Waals surface area (Å²) >= 11 is 0. The molecule has 2 rings (SSSR count). The molecule has 0 aliphatic carbocycles. The highest BCUT2D eigenvalue weighted by atomic mass is 19.1. The highest BCUT2D eigenvalue weighted by molar-refractivity contribution is 5.21. The van der Waals surface area contributed by atoms with Gasteiger partial charge in [-0.05, 0) is 18.2 Å². The Kier molecular flexibility index (Phi) is 2.28. The summed E-state index contributed by atoms with van der Waals surface area (Å²) in [5.41, 5.74) is 0.997. The molecule has 14 heavy (non-hydrogen) atoms. The van der Waals surface area contributed by atoms with Crippen LogP contribution in [-0.4, -0.2) is 10.1 Å². The summed E-state index contributed by atoms with van der Waals surface area (Å²) < 4.78 is 17.3. The number of hydrogen-bond acceptors (Lipinski definition) is 3. The average molecular weight is 193 g/mol. The molecule has 3 nitrogen and oxygen atoms in total. The first-order valence-corrected chi connectivity index (χ1v) is 4.09. The van der Waals surface area contributed by atoms with Gasteiger partial charge in [0.05, 0.1) is 24.4 Å². The van der Waals surface area contributed by atoms with Gasteiger partial charge < -0.3 is 9.52 Å². The molecule has 2 heterocycles. The minimum absolute atomic E-state index is 0.396. The molecular weight excluding hydrogens is 185 g/mol. The summed E-state index contributed by atoms with van der Waals surface area (Å²) in [6, 6.07) is 4.33. The first kappa shape index (κ1) is 8.90. The Bertz CT molecular complexity index is 397. The van der Waals surface area contributed by atoms with Gasteiger partial charge in [0.1, 0.15) is 11.9 Å². The highest BCUT2D eigenvalue weighted by Crippen LogP contribution is 2.19. The smallest absolute Gasteiger partial charge is 0.141 e. The van der Waals surface area contributed by atoms with E-state index in [1.807, 2.05) is 0 Å². The number of halogens is 1. The van der Waals surface area contributed by atoms with Gasteiger partial charge >= 0.3 is 0 Å². The Hall–Kier alpha value is -1.68. The molecule has 4 heteroatoms. The van der Waals surface area contributed by atoms with Gasteiger partial charge in [0.25, 0.3) is 0 Å². The number of aromatic nitrogens is 1. The van der Waals surface area contributed by atoms with Crippen LogP contribution in [0.5, 0.6) is 0 Å². The summed E-state index contributed by atoms with van der Waals surface area (Å²) in [5.74, 6) is -0.423. The molecule has 0 aromatic carbocycles. The molecule has 0 fully saturated rings. The van der Waals surface area contributed by atoms with Crippen LogP contribution in [0.15, 0.2) is 41.3 Å². The largest absolute Gasteiger partial charge is 0.472 e. The number of aliphatic hydroxyl groups excluding tert-OH is 1. The van der Waals surface area contributed by atoms with E-state index in [2.05, 4.69) is 4.98 Å². The Morgan fingerprint density at radius 1 is 1.36 bits per heavy atom. The maximum absolute atomic E-state index is 12.5. The molecule has 0 radical (unpaired) electrons. The first-order valence-electron chi connectivity index (χ1n) is 4.09. The van der Waals surface area contributed by atoms with Crippen molar-refractivity contribution in [1.29, 1.82) is 0 Å². The maximum Gasteiger partial charge on any atom is 0.141 e. The van der Waals surface area contributed by atoms with Crippen molar-refractivity contribution >= 4 is 0 Å². The summed E-state index contributed by atoms with van der Waals surface area (Å²) in [6.45, 7) is 0. The molecule has 1 unspecified atom stereocenters. The second-order valence-corrected chi connectivity index (χ2v) is 2.86. The lowest BCUT2D eigenvalue weighted by atomic mass is 10.1. The van der Waals surface area contributed by atoms with Crippen LogP contribution in [0.4, 0.5) is 4.39 Å². The van der Waals surface area contributed by atoms with Gasteiger partial charge in [0.15, 0.2) is 0 Å². The Balaban J connectivity index is 2.28. The van der Waals surface area contributed by atoms with Gasteiger partial charge in [-0.15, -0.1) is 0 Å². The van der Waals surface area contributed by atoms with Gasteiger partial charge in [-0.25, -0.2) is 4.39 Å². The molecule has 0 amide bonds. The zero-order valence-corrected chi connectivity index (χ0v) is 7.22. The second kappa shape index (κ2) is 3.59. The number of hydrogen-bond donors (Lipinski definition) is 1. The summed E-state index contributed by atoms with van der Waals surface area (Å²) in [4.78, 5) is 3.77. The molecule has 2 aromatic rings. The summed E-state index contributed by atoms with van der Waals surface area (Å²) in [6.07, 6.45) is 3.09. The van der Waals surface area contributed by atoms with E-state index in [9.17, 15) is 9.50 Å². The third kappa shape index (κ3) is 1.65. The lowest BCUT2D eigenvalue weighted by molar-refractivity contribution is 0.214. The van der Waals surface area contributed by atoms with Crippen molar-refractivity contribution in [3.8, 4) is 0 Å². The number of aliphatic hydroxyl groups is 1. The van der Waals surface area contributed by atoms with Crippen molar-refractivity contribution in [2.75, 3.05) is 0 Å². The third-order valence-electron chi connectivity index (χ3n) is 1.89. The molecule has 0 spiro atoms. The van der Waals surface area contributed by atoms with Gasteiger partial charge in [-0.1, -0.05) is 0 Å². The van der Waals surface area contributed by atoms with E-state index in [0.29, 0.717) is 11.3 Å². The highest BCUT2D eigenvalue weighted by Gasteiger charge is 2.12. The van der Waals surface area contributed by atoms with Gasteiger partial charge in [0, 0.05) is 5.56 Å². The summed E-state index contributed by atoms with van der Waals surface area (Å²) in [5, 5.41) is 9.73. The lowest BCUT2D eigenvalue weighted by Gasteiger charge is -2.06. The Morgan fingerprint density at radius 3 is 2.79 bits per heavy atom. The average Bonchev–Trinajstić information content (AvgIpc) is 2.71. The van der Waals surface area contributed by atoms with Crippen molar-refractivity contribution in [2.24, 2.45) is 0 Å². The zero-order chi connectivity index (χ0) is 9.97. The third-order valence-corrected chi connectivity index (χ3v) is 1.89. The molecule has 0 aliphatic rings. The quantitative estimate of drug-likeness (QED) is 0.792. The topological polar surface area (TPSA) is 46.3 Å². The van der Waals surface area contributed by atoms with Gasteiger partial charge in [-0.2, -0.15) is 0 Å². The van der Waals surface area contributed by atoms with E-state index >= 15 is 0 Å². The minimum Gasteiger partial charge on any atom is -0.472 e. The van der Waals surface area contributed by atoms with E-state index in [-0.39, 0.29) is 0 Å². The standard InChI is InChI=1S/C10H8FNO2/c11-8-1-2-9(12-5-8)10(13)7-3-4-14-6-7/h1-6,10,13H. The molecule has 0 bridgehead atoms. The molecule has 0 aliphatic heterocycles. The zero-order valence-electron chi connectivity index (χ0n) is 7.22. The normalized spacial score (nSPS) is 12.7. The van der Waals surface area contributed by atoms with Gasteiger partial charge in [-0.3, -0.25) is 4.98 Å². The van der Waals surface area contributed by atoms with E-state index in [4.69, 9.17) is 4.42 Å². The molecule has 0 saturated carbocycles. The van der Waals surface area contributed by atoms with E-state index in [0.717, 1.165) is 6.20 Å². The van der Waals surface area contributed by atoms with Crippen molar-refractivity contribution in [3.05, 3.63) is 54.0 Å². The van der Waals surface area contributed by atoms with Crippen molar-refractivity contribution in [1.82, 2.24) is 4.98 Å². The number of furan rings is 1. The van der Waals surface area contributed by atoms with Crippen LogP contribution in [0, 0.1) is 5.82 Å². The fourth-order valence-electron chi connectivity index (χ4n) is 1.15. The maximum atomic E-state index is 12.5. The molecule has 0 saturated heterocycles. The SMILES string of the molecule is OC(c1ccoc1)c1ccc(F)cn1. The predicted octanol–water partition coefficient (Wildman–Crippen LogP) is 1.90. The number of pyridine rings is 1. The Morgan fingerprint density at radius 2 is 2.21 bits per heavy atom. The monoisotopic (exact) mass is 193 g/mol. The first-order chi connectivity index (χ1) is 6.77. The second-order valence-electron chi connectivity index (χ2n) is 2.86. The van der Waals surface area contributed by atoms with Crippen LogP contribution in [-0.2, 0) is 0 Å². The van der Waals surface area contributed by atoms with Gasteiger partial charge in [0.2, 0.25) is 0 Å². The van der Waals surface area contributed by atoms with Crippen LogP contribution >= 0.6 is 0 Å². The Labute approximate surface area is 79.8 Å². The fraction of sp³-hybridized carbons (Fsp3) is 0.100. The predicted molar refractivity (Wildman–Crippen MR) is 47.0 cm³/mol. The van der Waals surface area contributed by atoms with E-state index in [1.54, 1.807) is 6.07 Å². The minimum atomic E-state index is -0.866. The molecule has 1 atom stereocenters. The van der Waals surface area contributed by atoms with Crippen LogP contribution in [0.2, 0.25) is 0 Å². The molecular formula is C10H8FNO2. The van der Waals surface area contributed by atoms with Crippen molar-refractivity contribution < 1.29 is 13.9 Å². The number of nitrogens with zero attached hydrogens (tertiary/aromatic N) is 1. The van der Waals surface area contributed by atoms with Crippen LogP contribution < -0.4 is 0 Å². The molecule has 2 aromatic heterocycles. The van der Waals surface area contributed by atoms with E-state index in [1.165, 1.54) is 24.7 Å². The van der Waals surface area contributed by atoms with Crippen LogP contribution in [0.3, 0.4) is 0 Å². The fourth-order valence-corrected chi connectivity index (χ4v) is 1.15.